The van der Waals surface area contributed by atoms with E-state index in [1.165, 1.54) is 0 Å². The van der Waals surface area contributed by atoms with Crippen molar-refractivity contribution in [2.24, 2.45) is 0 Å². The Balaban J connectivity index is 1.55. The van der Waals surface area contributed by atoms with Crippen LogP contribution in [0.5, 0.6) is 5.75 Å². The minimum absolute atomic E-state index is 0.0767. The second kappa shape index (κ2) is 11.2. The van der Waals surface area contributed by atoms with E-state index in [0.717, 1.165) is 35.4 Å². The summed E-state index contributed by atoms with van der Waals surface area (Å²) in [4.78, 5) is 29.2. The van der Waals surface area contributed by atoms with Gasteiger partial charge in [-0.15, -0.1) is 0 Å². The van der Waals surface area contributed by atoms with Crippen LogP contribution in [0.1, 0.15) is 21.5 Å². The summed E-state index contributed by atoms with van der Waals surface area (Å²) < 4.78 is 12.7. The van der Waals surface area contributed by atoms with Crippen LogP contribution in [0.3, 0.4) is 0 Å². The number of aromatic nitrogens is 1. The summed E-state index contributed by atoms with van der Waals surface area (Å²) in [5, 5.41) is 4.00. The van der Waals surface area contributed by atoms with Crippen LogP contribution in [0.4, 0.5) is 0 Å². The van der Waals surface area contributed by atoms with E-state index >= 15 is 0 Å². The van der Waals surface area contributed by atoms with Crippen molar-refractivity contribution in [2.45, 2.75) is 13.1 Å². The predicted molar refractivity (Wildman–Crippen MR) is 145 cm³/mol. The number of hydrogen-bond acceptors (Lipinski definition) is 5. The zero-order valence-electron chi connectivity index (χ0n) is 20.6. The van der Waals surface area contributed by atoms with Crippen molar-refractivity contribution in [3.63, 3.8) is 0 Å². The van der Waals surface area contributed by atoms with Gasteiger partial charge in [-0.2, -0.15) is 0 Å². The van der Waals surface area contributed by atoms with Gasteiger partial charge in [-0.3, -0.25) is 14.5 Å². The number of halogens is 1. The number of amides is 1. The molecule has 7 nitrogen and oxygen atoms in total. The van der Waals surface area contributed by atoms with Crippen LogP contribution in [0.25, 0.3) is 16.6 Å². The first-order valence-corrected chi connectivity index (χ1v) is 12.5. The number of hydrogen-bond donors (Lipinski definition) is 1. The molecule has 1 aliphatic heterocycles. The number of nitrogens with one attached hydrogen (secondary N) is 1. The Morgan fingerprint density at radius 2 is 1.78 bits per heavy atom. The molecule has 8 heteroatoms. The van der Waals surface area contributed by atoms with Gasteiger partial charge in [0.25, 0.3) is 5.91 Å². The summed E-state index contributed by atoms with van der Waals surface area (Å²) in [5.74, 6) is 0.249. The lowest BCUT2D eigenvalue weighted by molar-refractivity contribution is 0.0342. The number of nitrogens with zero attached hydrogens (tertiary/aromatic N) is 2. The third kappa shape index (κ3) is 5.69. The number of benzene rings is 3. The Hall–Kier alpha value is -3.65. The number of pyridine rings is 1. The summed E-state index contributed by atoms with van der Waals surface area (Å²) in [6, 6.07) is 20.6. The maximum absolute atomic E-state index is 13.6. The van der Waals surface area contributed by atoms with E-state index in [1.54, 1.807) is 25.4 Å². The minimum Gasteiger partial charge on any atom is -0.497 e. The number of fused-ring (bicyclic) bond motifs is 1. The molecule has 1 aromatic heterocycles. The molecule has 1 amide bonds. The maximum atomic E-state index is 13.6. The topological polar surface area (TPSA) is 72.8 Å². The van der Waals surface area contributed by atoms with Crippen molar-refractivity contribution in [1.82, 2.24) is 14.8 Å². The van der Waals surface area contributed by atoms with Crippen LogP contribution in [0.15, 0.2) is 77.7 Å². The minimum atomic E-state index is -0.433. The molecule has 0 aliphatic carbocycles. The van der Waals surface area contributed by atoms with E-state index in [2.05, 4.69) is 10.2 Å². The molecule has 5 rings (SSSR count). The number of carbonyl (C=O) groups excluding carboxylic acids is 1. The first kappa shape index (κ1) is 25.0. The molecule has 37 heavy (non-hydrogen) atoms. The van der Waals surface area contributed by atoms with Crippen molar-refractivity contribution in [3.05, 3.63) is 105 Å². The van der Waals surface area contributed by atoms with Gasteiger partial charge in [0.1, 0.15) is 11.3 Å². The van der Waals surface area contributed by atoms with E-state index in [0.29, 0.717) is 35.9 Å². The molecule has 1 fully saturated rings. The molecule has 1 N–H and O–H groups in total. The van der Waals surface area contributed by atoms with Crippen molar-refractivity contribution in [2.75, 3.05) is 33.4 Å². The molecule has 0 spiro atoms. The van der Waals surface area contributed by atoms with Gasteiger partial charge < -0.3 is 19.4 Å². The van der Waals surface area contributed by atoms with Gasteiger partial charge in [0.2, 0.25) is 5.43 Å². The smallest absolute Gasteiger partial charge is 0.257 e. The largest absolute Gasteiger partial charge is 0.497 e. The normalized spacial score (nSPS) is 14.0. The molecule has 4 aromatic rings. The molecule has 0 radical (unpaired) electrons. The first-order chi connectivity index (χ1) is 18.0. The lowest BCUT2D eigenvalue weighted by atomic mass is 10.1. The lowest BCUT2D eigenvalue weighted by Gasteiger charge is -2.26. The summed E-state index contributed by atoms with van der Waals surface area (Å²) in [6.07, 6.45) is 1.61. The van der Waals surface area contributed by atoms with Gasteiger partial charge in [-0.1, -0.05) is 35.9 Å². The van der Waals surface area contributed by atoms with E-state index in [9.17, 15) is 9.59 Å². The van der Waals surface area contributed by atoms with Crippen molar-refractivity contribution < 1.29 is 14.3 Å². The van der Waals surface area contributed by atoms with Gasteiger partial charge in [-0.25, -0.2) is 0 Å². The monoisotopic (exact) mass is 517 g/mol. The van der Waals surface area contributed by atoms with Gasteiger partial charge >= 0.3 is 0 Å². The molecule has 1 saturated heterocycles. The van der Waals surface area contributed by atoms with Gasteiger partial charge in [0.05, 0.1) is 25.8 Å². The van der Waals surface area contributed by atoms with Gasteiger partial charge in [0.15, 0.2) is 0 Å². The number of ether oxygens (including phenoxy) is 2. The second-order valence-electron chi connectivity index (χ2n) is 8.99. The molecule has 0 unspecified atom stereocenters. The Morgan fingerprint density at radius 1 is 1.03 bits per heavy atom. The average molecular weight is 518 g/mol. The SMILES string of the molecule is COc1cccc(-n2cc(C(=O)NCc3ccc(Cl)cc3)c(=O)c3cc(CN4CCOCC4)ccc32)c1. The first-order valence-electron chi connectivity index (χ1n) is 12.2. The molecule has 3 aromatic carbocycles. The highest BCUT2D eigenvalue weighted by atomic mass is 35.5. The van der Waals surface area contributed by atoms with Crippen molar-refractivity contribution in [1.29, 1.82) is 0 Å². The third-order valence-corrected chi connectivity index (χ3v) is 6.77. The van der Waals surface area contributed by atoms with Crippen LogP contribution in [-0.4, -0.2) is 48.8 Å². The molecule has 2 heterocycles. The summed E-state index contributed by atoms with van der Waals surface area (Å²) >= 11 is 5.97. The van der Waals surface area contributed by atoms with E-state index in [1.807, 2.05) is 59.2 Å². The quantitative estimate of drug-likeness (QED) is 0.393. The van der Waals surface area contributed by atoms with Crippen molar-refractivity contribution in [3.8, 4) is 11.4 Å². The average Bonchev–Trinajstić information content (AvgIpc) is 2.93. The highest BCUT2D eigenvalue weighted by Crippen LogP contribution is 2.23. The molecule has 0 atom stereocenters. The zero-order chi connectivity index (χ0) is 25.8. The number of methoxy groups -OCH3 is 1. The van der Waals surface area contributed by atoms with Gasteiger partial charge in [-0.05, 0) is 47.5 Å². The molecule has 0 saturated carbocycles. The molecular formula is C29H28ClN3O4. The van der Waals surface area contributed by atoms with Crippen LogP contribution in [0, 0.1) is 0 Å². The number of rotatable bonds is 7. The predicted octanol–water partition coefficient (Wildman–Crippen LogP) is 4.41. The van der Waals surface area contributed by atoms with Crippen LogP contribution < -0.4 is 15.5 Å². The zero-order valence-corrected chi connectivity index (χ0v) is 21.3. The Labute approximate surface area is 220 Å². The summed E-state index contributed by atoms with van der Waals surface area (Å²) in [7, 11) is 1.61. The summed E-state index contributed by atoms with van der Waals surface area (Å²) in [5.41, 5.74) is 3.19. The second-order valence-corrected chi connectivity index (χ2v) is 9.43. The molecule has 190 valence electrons. The van der Waals surface area contributed by atoms with Crippen LogP contribution in [-0.2, 0) is 17.8 Å². The Kier molecular flexibility index (Phi) is 7.55. The van der Waals surface area contributed by atoms with E-state index in [-0.39, 0.29) is 17.5 Å². The fourth-order valence-corrected chi connectivity index (χ4v) is 4.63. The number of carbonyl (C=O) groups is 1. The molecule has 1 aliphatic rings. The standard InChI is InChI=1S/C29H28ClN3O4/c1-36-24-4-2-3-23(16-24)33-19-26(29(35)31-17-20-5-8-22(30)9-6-20)28(34)25-15-21(7-10-27(25)33)18-32-11-13-37-14-12-32/h2-10,15-16,19H,11-14,17-18H2,1H3,(H,31,35). The van der Waals surface area contributed by atoms with Gasteiger partial charge in [0, 0.05) is 54.5 Å². The fourth-order valence-electron chi connectivity index (χ4n) is 4.51. The highest BCUT2D eigenvalue weighted by Gasteiger charge is 2.18. The third-order valence-electron chi connectivity index (χ3n) is 6.52. The highest BCUT2D eigenvalue weighted by molar-refractivity contribution is 6.30. The Bertz CT molecular complexity index is 1480. The Morgan fingerprint density at radius 3 is 2.54 bits per heavy atom. The van der Waals surface area contributed by atoms with E-state index in [4.69, 9.17) is 21.1 Å². The maximum Gasteiger partial charge on any atom is 0.257 e. The van der Waals surface area contributed by atoms with E-state index < -0.39 is 5.91 Å². The number of morpholine rings is 1. The summed E-state index contributed by atoms with van der Waals surface area (Å²) in [6.45, 7) is 4.09. The fraction of sp³-hybridized carbons (Fsp3) is 0.241. The lowest BCUT2D eigenvalue weighted by Crippen LogP contribution is -2.35. The van der Waals surface area contributed by atoms with Crippen LogP contribution in [0.2, 0.25) is 5.02 Å². The van der Waals surface area contributed by atoms with Crippen molar-refractivity contribution >= 4 is 28.4 Å². The molecular weight excluding hydrogens is 490 g/mol. The van der Waals surface area contributed by atoms with Crippen LogP contribution >= 0.6 is 11.6 Å². The molecule has 0 bridgehead atoms.